The van der Waals surface area contributed by atoms with E-state index in [9.17, 15) is 9.59 Å². The summed E-state index contributed by atoms with van der Waals surface area (Å²) in [6.07, 6.45) is 5.71. The van der Waals surface area contributed by atoms with Crippen molar-refractivity contribution in [3.05, 3.63) is 29.8 Å². The van der Waals surface area contributed by atoms with Gasteiger partial charge in [-0.3, -0.25) is 9.59 Å². The molecule has 2 amide bonds. The molecule has 1 aliphatic carbocycles. The lowest BCUT2D eigenvalue weighted by Crippen LogP contribution is -2.38. The van der Waals surface area contributed by atoms with Crippen LogP contribution in [0.1, 0.15) is 55.8 Å². The zero-order valence-electron chi connectivity index (χ0n) is 14.3. The average molecular weight is 330 g/mol. The maximum atomic E-state index is 12.1. The van der Waals surface area contributed by atoms with E-state index in [1.807, 2.05) is 24.0 Å². The summed E-state index contributed by atoms with van der Waals surface area (Å²) >= 11 is 0. The van der Waals surface area contributed by atoms with E-state index in [0.29, 0.717) is 24.6 Å². The molecule has 1 heterocycles. The molecule has 1 N–H and O–H groups in total. The minimum atomic E-state index is -0.0174. The molecule has 1 aliphatic heterocycles. The molecule has 24 heavy (non-hydrogen) atoms. The largest absolute Gasteiger partial charge is 0.491 e. The summed E-state index contributed by atoms with van der Waals surface area (Å²) < 4.78 is 5.85. The van der Waals surface area contributed by atoms with Crippen molar-refractivity contribution in [3.63, 3.8) is 0 Å². The lowest BCUT2D eigenvalue weighted by molar-refractivity contribution is -0.132. The highest BCUT2D eigenvalue weighted by Crippen LogP contribution is 2.22. The van der Waals surface area contributed by atoms with Crippen molar-refractivity contribution < 1.29 is 14.3 Å². The highest BCUT2D eigenvalue weighted by atomic mass is 16.5. The first kappa shape index (κ1) is 16.8. The van der Waals surface area contributed by atoms with Gasteiger partial charge in [-0.15, -0.1) is 0 Å². The standard InChI is InChI=1S/C19H26N2O3/c1-2-4-18(22)21-12-3-5-16(21)13-24-17-10-6-14(7-11-17)19(23)20-15-8-9-15/h6-7,10-11,15-16H,2-5,8-9,12-13H2,1H3,(H,20,23)/t16-/m1/s1. The van der Waals surface area contributed by atoms with E-state index in [1.54, 1.807) is 12.1 Å². The quantitative estimate of drug-likeness (QED) is 0.836. The lowest BCUT2D eigenvalue weighted by atomic mass is 10.2. The SMILES string of the molecule is CCCC(=O)N1CCC[C@@H]1COc1ccc(C(=O)NC2CC2)cc1. The summed E-state index contributed by atoms with van der Waals surface area (Å²) in [5.74, 6) is 0.958. The Labute approximate surface area is 143 Å². The van der Waals surface area contributed by atoms with Crippen LogP contribution in [-0.4, -0.2) is 41.9 Å². The van der Waals surface area contributed by atoms with Gasteiger partial charge in [0.15, 0.2) is 0 Å². The van der Waals surface area contributed by atoms with Crippen LogP contribution < -0.4 is 10.1 Å². The topological polar surface area (TPSA) is 58.6 Å². The Morgan fingerprint density at radius 2 is 1.96 bits per heavy atom. The Morgan fingerprint density at radius 1 is 1.21 bits per heavy atom. The number of carbonyl (C=O) groups is 2. The maximum absolute atomic E-state index is 12.1. The van der Waals surface area contributed by atoms with Gasteiger partial charge in [-0.2, -0.15) is 0 Å². The number of hydrogen-bond acceptors (Lipinski definition) is 3. The van der Waals surface area contributed by atoms with Crippen molar-refractivity contribution >= 4 is 11.8 Å². The number of ether oxygens (including phenoxy) is 1. The van der Waals surface area contributed by atoms with Gasteiger partial charge in [0.05, 0.1) is 6.04 Å². The van der Waals surface area contributed by atoms with Crippen molar-refractivity contribution in [3.8, 4) is 5.75 Å². The second-order valence-electron chi connectivity index (χ2n) is 6.72. The molecule has 1 atom stereocenters. The van der Waals surface area contributed by atoms with Gasteiger partial charge in [0.25, 0.3) is 5.91 Å². The molecular formula is C19H26N2O3. The third-order valence-electron chi connectivity index (χ3n) is 4.63. The number of nitrogens with zero attached hydrogens (tertiary/aromatic N) is 1. The molecule has 0 spiro atoms. The number of rotatable bonds is 7. The summed E-state index contributed by atoms with van der Waals surface area (Å²) in [4.78, 5) is 26.0. The van der Waals surface area contributed by atoms with E-state index in [0.717, 1.165) is 44.4 Å². The molecule has 0 radical (unpaired) electrons. The first-order chi connectivity index (χ1) is 11.7. The number of likely N-dealkylation sites (tertiary alicyclic amines) is 1. The van der Waals surface area contributed by atoms with Crippen molar-refractivity contribution in [1.82, 2.24) is 10.2 Å². The summed E-state index contributed by atoms with van der Waals surface area (Å²) in [5.41, 5.74) is 0.662. The van der Waals surface area contributed by atoms with Gasteiger partial charge in [0.2, 0.25) is 5.91 Å². The van der Waals surface area contributed by atoms with Crippen LogP contribution in [0, 0.1) is 0 Å². The maximum Gasteiger partial charge on any atom is 0.251 e. The lowest BCUT2D eigenvalue weighted by Gasteiger charge is -2.24. The van der Waals surface area contributed by atoms with Crippen LogP contribution in [0.15, 0.2) is 24.3 Å². The molecule has 1 aromatic carbocycles. The summed E-state index contributed by atoms with van der Waals surface area (Å²) in [6.45, 7) is 3.39. The Bertz CT molecular complexity index is 581. The van der Waals surface area contributed by atoms with Gasteiger partial charge in [-0.05, 0) is 56.4 Å². The van der Waals surface area contributed by atoms with Gasteiger partial charge in [0.1, 0.15) is 12.4 Å². The molecule has 1 aromatic rings. The van der Waals surface area contributed by atoms with Crippen LogP contribution in [-0.2, 0) is 4.79 Å². The van der Waals surface area contributed by atoms with E-state index >= 15 is 0 Å². The Morgan fingerprint density at radius 3 is 2.62 bits per heavy atom. The van der Waals surface area contributed by atoms with Crippen LogP contribution in [0.4, 0.5) is 0 Å². The highest BCUT2D eigenvalue weighted by molar-refractivity contribution is 5.94. The molecule has 5 nitrogen and oxygen atoms in total. The van der Waals surface area contributed by atoms with Gasteiger partial charge < -0.3 is 15.0 Å². The Kier molecular flexibility index (Phi) is 5.38. The average Bonchev–Trinajstić information content (AvgIpc) is 3.27. The molecule has 1 saturated heterocycles. The van der Waals surface area contributed by atoms with Crippen LogP contribution in [0.25, 0.3) is 0 Å². The van der Waals surface area contributed by atoms with Crippen LogP contribution >= 0.6 is 0 Å². The number of nitrogens with one attached hydrogen (secondary N) is 1. The molecule has 2 aliphatic rings. The summed E-state index contributed by atoms with van der Waals surface area (Å²) in [6, 6.07) is 7.78. The normalized spacial score (nSPS) is 20.0. The molecule has 0 aromatic heterocycles. The molecular weight excluding hydrogens is 304 g/mol. The van der Waals surface area contributed by atoms with Crippen LogP contribution in [0.5, 0.6) is 5.75 Å². The first-order valence-corrected chi connectivity index (χ1v) is 9.00. The van der Waals surface area contributed by atoms with Crippen LogP contribution in [0.2, 0.25) is 0 Å². The van der Waals surface area contributed by atoms with E-state index in [1.165, 1.54) is 0 Å². The Hall–Kier alpha value is -2.04. The number of amides is 2. The van der Waals surface area contributed by atoms with E-state index in [4.69, 9.17) is 4.74 Å². The predicted octanol–water partition coefficient (Wildman–Crippen LogP) is 2.75. The fourth-order valence-electron chi connectivity index (χ4n) is 3.09. The zero-order valence-corrected chi connectivity index (χ0v) is 14.3. The summed E-state index contributed by atoms with van der Waals surface area (Å²) in [7, 11) is 0. The smallest absolute Gasteiger partial charge is 0.251 e. The van der Waals surface area contributed by atoms with Crippen molar-refractivity contribution in [2.75, 3.05) is 13.2 Å². The third kappa shape index (κ3) is 4.28. The minimum Gasteiger partial charge on any atom is -0.491 e. The van der Waals surface area contributed by atoms with Crippen molar-refractivity contribution in [2.45, 2.75) is 57.5 Å². The zero-order chi connectivity index (χ0) is 16.9. The number of carbonyl (C=O) groups excluding carboxylic acids is 2. The Balaban J connectivity index is 1.50. The fourth-order valence-corrected chi connectivity index (χ4v) is 3.09. The molecule has 0 bridgehead atoms. The molecule has 2 fully saturated rings. The molecule has 1 saturated carbocycles. The van der Waals surface area contributed by atoms with E-state index in [2.05, 4.69) is 5.32 Å². The van der Waals surface area contributed by atoms with Crippen LogP contribution in [0.3, 0.4) is 0 Å². The van der Waals surface area contributed by atoms with Crippen molar-refractivity contribution in [1.29, 1.82) is 0 Å². The first-order valence-electron chi connectivity index (χ1n) is 9.00. The molecule has 0 unspecified atom stereocenters. The van der Waals surface area contributed by atoms with E-state index < -0.39 is 0 Å². The second-order valence-corrected chi connectivity index (χ2v) is 6.72. The third-order valence-corrected chi connectivity index (χ3v) is 4.63. The van der Waals surface area contributed by atoms with E-state index in [-0.39, 0.29) is 17.9 Å². The van der Waals surface area contributed by atoms with Gasteiger partial charge in [-0.25, -0.2) is 0 Å². The molecule has 5 heteroatoms. The molecule has 3 rings (SSSR count). The van der Waals surface area contributed by atoms with Crippen molar-refractivity contribution in [2.24, 2.45) is 0 Å². The minimum absolute atomic E-state index is 0.0174. The monoisotopic (exact) mass is 330 g/mol. The van der Waals surface area contributed by atoms with Gasteiger partial charge >= 0.3 is 0 Å². The molecule has 130 valence electrons. The number of benzene rings is 1. The fraction of sp³-hybridized carbons (Fsp3) is 0.579. The highest BCUT2D eigenvalue weighted by Gasteiger charge is 2.28. The predicted molar refractivity (Wildman–Crippen MR) is 92.1 cm³/mol. The number of hydrogen-bond donors (Lipinski definition) is 1. The van der Waals surface area contributed by atoms with Gasteiger partial charge in [-0.1, -0.05) is 6.92 Å². The second kappa shape index (κ2) is 7.69. The van der Waals surface area contributed by atoms with Gasteiger partial charge in [0, 0.05) is 24.6 Å². The summed E-state index contributed by atoms with van der Waals surface area (Å²) in [5, 5.41) is 2.97.